The number of esters is 2. The Morgan fingerprint density at radius 1 is 1.22 bits per heavy atom. The Hall–Kier alpha value is -2.40. The summed E-state index contributed by atoms with van der Waals surface area (Å²) in [5, 5.41) is 3.35. The molecule has 1 N–H and O–H groups in total. The van der Waals surface area contributed by atoms with Gasteiger partial charge in [-0.1, -0.05) is 42.5 Å². The van der Waals surface area contributed by atoms with Gasteiger partial charge in [0.05, 0.1) is 6.61 Å². The van der Waals surface area contributed by atoms with Crippen LogP contribution in [0.4, 0.5) is 0 Å². The maximum atomic E-state index is 12.3. The van der Waals surface area contributed by atoms with Crippen molar-refractivity contribution in [2.75, 3.05) is 13.2 Å². The molecule has 1 spiro atoms. The second-order valence-electron chi connectivity index (χ2n) is 7.23. The summed E-state index contributed by atoms with van der Waals surface area (Å²) in [7, 11) is 0. The van der Waals surface area contributed by atoms with Crippen LogP contribution >= 0.6 is 0 Å². The van der Waals surface area contributed by atoms with E-state index < -0.39 is 0 Å². The maximum absolute atomic E-state index is 12.3. The third-order valence-electron chi connectivity index (χ3n) is 5.29. The molecule has 144 valence electrons. The second-order valence-corrected chi connectivity index (χ2v) is 7.23. The zero-order valence-electron chi connectivity index (χ0n) is 15.8. The molecule has 1 aromatic rings. The van der Waals surface area contributed by atoms with Crippen LogP contribution in [-0.4, -0.2) is 31.1 Å². The first-order valence-corrected chi connectivity index (χ1v) is 9.61. The van der Waals surface area contributed by atoms with E-state index in [1.165, 1.54) is 0 Å². The highest BCUT2D eigenvalue weighted by Crippen LogP contribution is 2.39. The van der Waals surface area contributed by atoms with Gasteiger partial charge in [0.1, 0.15) is 12.6 Å². The van der Waals surface area contributed by atoms with E-state index in [1.54, 1.807) is 13.0 Å². The van der Waals surface area contributed by atoms with Gasteiger partial charge in [0.15, 0.2) is 0 Å². The SMILES string of the molecule is CCOC(=O)/C=C1/C=CC2(CC1)CCC(C(=O)OCc1ccccc1)NC2. The van der Waals surface area contributed by atoms with E-state index in [2.05, 4.69) is 11.4 Å². The van der Waals surface area contributed by atoms with Gasteiger partial charge in [0.25, 0.3) is 0 Å². The molecule has 2 aliphatic rings. The van der Waals surface area contributed by atoms with Crippen LogP contribution in [0.2, 0.25) is 0 Å². The summed E-state index contributed by atoms with van der Waals surface area (Å²) < 4.78 is 10.4. The van der Waals surface area contributed by atoms with Gasteiger partial charge in [0, 0.05) is 18.0 Å². The molecule has 0 amide bonds. The Morgan fingerprint density at radius 2 is 2.04 bits per heavy atom. The van der Waals surface area contributed by atoms with Crippen molar-refractivity contribution in [1.29, 1.82) is 0 Å². The highest BCUT2D eigenvalue weighted by molar-refractivity contribution is 5.83. The van der Waals surface area contributed by atoms with E-state index in [0.717, 1.165) is 43.4 Å². The van der Waals surface area contributed by atoms with E-state index in [-0.39, 0.29) is 23.4 Å². The van der Waals surface area contributed by atoms with Crippen LogP contribution in [0.15, 0.2) is 54.1 Å². The van der Waals surface area contributed by atoms with Crippen molar-refractivity contribution in [3.05, 3.63) is 59.7 Å². The number of allylic oxidation sites excluding steroid dienone is 2. The van der Waals surface area contributed by atoms with Gasteiger partial charge in [-0.15, -0.1) is 0 Å². The summed E-state index contributed by atoms with van der Waals surface area (Å²) in [5.74, 6) is -0.465. The third kappa shape index (κ3) is 5.30. The topological polar surface area (TPSA) is 64.6 Å². The van der Waals surface area contributed by atoms with Gasteiger partial charge >= 0.3 is 11.9 Å². The Labute approximate surface area is 160 Å². The molecule has 1 aliphatic carbocycles. The van der Waals surface area contributed by atoms with Crippen molar-refractivity contribution in [2.45, 2.75) is 45.3 Å². The molecule has 0 radical (unpaired) electrons. The highest BCUT2D eigenvalue weighted by atomic mass is 16.5. The van der Waals surface area contributed by atoms with E-state index in [1.807, 2.05) is 36.4 Å². The highest BCUT2D eigenvalue weighted by Gasteiger charge is 2.37. The van der Waals surface area contributed by atoms with Crippen LogP contribution in [0, 0.1) is 5.41 Å². The number of benzene rings is 1. The number of nitrogens with one attached hydrogen (secondary N) is 1. The molecule has 1 aromatic carbocycles. The minimum absolute atomic E-state index is 0.0577. The summed E-state index contributed by atoms with van der Waals surface area (Å²) in [6.45, 7) is 3.26. The predicted molar refractivity (Wildman–Crippen MR) is 103 cm³/mol. The van der Waals surface area contributed by atoms with Crippen LogP contribution in [0.3, 0.4) is 0 Å². The first-order valence-electron chi connectivity index (χ1n) is 9.61. The molecule has 3 rings (SSSR count). The molecule has 0 bridgehead atoms. The fraction of sp³-hybridized carbons (Fsp3) is 0.455. The number of piperidine rings is 1. The average molecular weight is 369 g/mol. The molecular weight excluding hydrogens is 342 g/mol. The zero-order chi connectivity index (χ0) is 19.1. The normalized spacial score (nSPS) is 26.1. The molecule has 5 heteroatoms. The molecule has 27 heavy (non-hydrogen) atoms. The molecule has 1 fully saturated rings. The largest absolute Gasteiger partial charge is 0.463 e. The minimum atomic E-state index is -0.281. The molecule has 0 saturated carbocycles. The fourth-order valence-electron chi connectivity index (χ4n) is 3.63. The molecule has 1 aliphatic heterocycles. The van der Waals surface area contributed by atoms with Crippen molar-refractivity contribution in [3.8, 4) is 0 Å². The molecule has 1 heterocycles. The number of rotatable bonds is 5. The summed E-state index contributed by atoms with van der Waals surface area (Å²) in [6.07, 6.45) is 9.29. The zero-order valence-corrected chi connectivity index (χ0v) is 15.8. The van der Waals surface area contributed by atoms with Gasteiger partial charge in [-0.2, -0.15) is 0 Å². The molecule has 2 atom stereocenters. The lowest BCUT2D eigenvalue weighted by atomic mass is 9.71. The van der Waals surface area contributed by atoms with Crippen molar-refractivity contribution in [1.82, 2.24) is 5.32 Å². The third-order valence-corrected chi connectivity index (χ3v) is 5.29. The number of ether oxygens (including phenoxy) is 2. The first-order chi connectivity index (χ1) is 13.1. The van der Waals surface area contributed by atoms with E-state index in [9.17, 15) is 9.59 Å². The second kappa shape index (κ2) is 9.00. The van der Waals surface area contributed by atoms with Crippen LogP contribution in [0.1, 0.15) is 38.2 Å². The molecule has 5 nitrogen and oxygen atoms in total. The van der Waals surface area contributed by atoms with Crippen molar-refractivity contribution in [3.63, 3.8) is 0 Å². The number of hydrogen-bond donors (Lipinski definition) is 1. The quantitative estimate of drug-likeness (QED) is 0.637. The summed E-state index contributed by atoms with van der Waals surface area (Å²) in [4.78, 5) is 23.9. The van der Waals surface area contributed by atoms with E-state index in [4.69, 9.17) is 9.47 Å². The van der Waals surface area contributed by atoms with Crippen molar-refractivity contribution < 1.29 is 19.1 Å². The Balaban J connectivity index is 1.48. The molecule has 2 unspecified atom stereocenters. The molecule has 0 aromatic heterocycles. The van der Waals surface area contributed by atoms with Crippen LogP contribution in [0.5, 0.6) is 0 Å². The van der Waals surface area contributed by atoms with Crippen molar-refractivity contribution >= 4 is 11.9 Å². The van der Waals surface area contributed by atoms with Crippen LogP contribution < -0.4 is 5.32 Å². The molecule has 1 saturated heterocycles. The number of carbonyl (C=O) groups excluding carboxylic acids is 2. The fourth-order valence-corrected chi connectivity index (χ4v) is 3.63. The summed E-state index contributed by atoms with van der Waals surface area (Å²) >= 11 is 0. The number of carbonyl (C=O) groups is 2. The number of hydrogen-bond acceptors (Lipinski definition) is 5. The first kappa shape index (κ1) is 19.4. The smallest absolute Gasteiger partial charge is 0.331 e. The van der Waals surface area contributed by atoms with Gasteiger partial charge in [-0.3, -0.25) is 4.79 Å². The Morgan fingerprint density at radius 3 is 2.67 bits per heavy atom. The van der Waals surface area contributed by atoms with Crippen molar-refractivity contribution in [2.24, 2.45) is 5.41 Å². The monoisotopic (exact) mass is 369 g/mol. The average Bonchev–Trinajstić information content (AvgIpc) is 2.70. The molecular formula is C22H27NO4. The lowest BCUT2D eigenvalue weighted by Gasteiger charge is -2.40. The van der Waals surface area contributed by atoms with Gasteiger partial charge in [-0.25, -0.2) is 4.79 Å². The standard InChI is InChI=1S/C22H27NO4/c1-2-26-20(24)14-17-8-11-22(12-9-17)13-10-19(23-16-22)21(25)27-15-18-6-4-3-5-7-18/h3-8,11,14,19,23H,2,9-10,12-13,15-16H2,1H3/b17-14-. The van der Waals surface area contributed by atoms with Gasteiger partial charge in [0.2, 0.25) is 0 Å². The maximum Gasteiger partial charge on any atom is 0.331 e. The van der Waals surface area contributed by atoms with E-state index in [0.29, 0.717) is 13.2 Å². The Kier molecular flexibility index (Phi) is 6.45. The van der Waals surface area contributed by atoms with E-state index >= 15 is 0 Å². The summed E-state index contributed by atoms with van der Waals surface area (Å²) in [5.41, 5.74) is 2.06. The van der Waals surface area contributed by atoms with Gasteiger partial charge in [-0.05, 0) is 43.7 Å². The lowest BCUT2D eigenvalue weighted by Crippen LogP contribution is -2.49. The predicted octanol–water partition coefficient (Wildman–Crippen LogP) is 3.31. The van der Waals surface area contributed by atoms with Crippen LogP contribution in [0.25, 0.3) is 0 Å². The van der Waals surface area contributed by atoms with Crippen LogP contribution in [-0.2, 0) is 25.7 Å². The minimum Gasteiger partial charge on any atom is -0.463 e. The Bertz CT molecular complexity index is 715. The lowest BCUT2D eigenvalue weighted by molar-refractivity contribution is -0.148. The summed E-state index contributed by atoms with van der Waals surface area (Å²) in [6, 6.07) is 9.47. The van der Waals surface area contributed by atoms with Gasteiger partial charge < -0.3 is 14.8 Å².